The zero-order valence-electron chi connectivity index (χ0n) is 8.25. The first-order valence-electron chi connectivity index (χ1n) is 4.66. The normalized spacial score (nSPS) is 20.6. The second-order valence-electron chi connectivity index (χ2n) is 3.20. The summed E-state index contributed by atoms with van der Waals surface area (Å²) in [6.07, 6.45) is 1.65. The number of rotatable bonds is 5. The van der Waals surface area contributed by atoms with Gasteiger partial charge in [0.05, 0.1) is 32.8 Å². The van der Waals surface area contributed by atoms with Crippen LogP contribution in [0.5, 0.6) is 0 Å². The Balaban J connectivity index is 1.99. The molecule has 5 nitrogen and oxygen atoms in total. The molecule has 0 aromatic rings. The van der Waals surface area contributed by atoms with Crippen molar-refractivity contribution in [2.24, 2.45) is 0 Å². The summed E-state index contributed by atoms with van der Waals surface area (Å²) in [5, 5.41) is 2.78. The first-order chi connectivity index (χ1) is 6.72. The minimum atomic E-state index is -0.277. The number of ether oxygens (including phenoxy) is 2. The number of esters is 1. The summed E-state index contributed by atoms with van der Waals surface area (Å²) < 4.78 is 9.67. The molecule has 5 heteroatoms. The van der Waals surface area contributed by atoms with Crippen molar-refractivity contribution in [3.8, 4) is 0 Å². The van der Waals surface area contributed by atoms with E-state index >= 15 is 0 Å². The summed E-state index contributed by atoms with van der Waals surface area (Å²) in [5.41, 5.74) is 0. The topological polar surface area (TPSA) is 64.6 Å². The van der Waals surface area contributed by atoms with E-state index in [1.807, 2.05) is 0 Å². The number of carbonyl (C=O) groups is 2. The van der Waals surface area contributed by atoms with Crippen molar-refractivity contribution >= 4 is 11.9 Å². The Bertz CT molecular complexity index is 217. The van der Waals surface area contributed by atoms with Crippen molar-refractivity contribution in [2.45, 2.75) is 25.3 Å². The lowest BCUT2D eigenvalue weighted by Crippen LogP contribution is -2.30. The SMILES string of the molecule is COC(=O)CCOC[C@@H]1CCC(=O)N1. The fourth-order valence-corrected chi connectivity index (χ4v) is 1.29. The summed E-state index contributed by atoms with van der Waals surface area (Å²) in [5.74, 6) is -0.202. The predicted octanol–water partition coefficient (Wildman–Crippen LogP) is -0.155. The van der Waals surface area contributed by atoms with Crippen LogP contribution in [0.4, 0.5) is 0 Å². The lowest BCUT2D eigenvalue weighted by atomic mass is 10.2. The van der Waals surface area contributed by atoms with E-state index in [1.165, 1.54) is 7.11 Å². The van der Waals surface area contributed by atoms with Crippen LogP contribution in [0, 0.1) is 0 Å². The fraction of sp³-hybridized carbons (Fsp3) is 0.778. The second-order valence-corrected chi connectivity index (χ2v) is 3.20. The molecule has 14 heavy (non-hydrogen) atoms. The molecule has 1 atom stereocenters. The maximum absolute atomic E-state index is 10.8. The zero-order chi connectivity index (χ0) is 10.4. The van der Waals surface area contributed by atoms with Gasteiger partial charge in [-0.3, -0.25) is 9.59 Å². The predicted molar refractivity (Wildman–Crippen MR) is 48.6 cm³/mol. The highest BCUT2D eigenvalue weighted by atomic mass is 16.5. The molecular formula is C9H15NO4. The Morgan fingerprint density at radius 1 is 1.64 bits per heavy atom. The molecule has 0 aliphatic carbocycles. The Labute approximate surface area is 82.8 Å². The van der Waals surface area contributed by atoms with Crippen LogP contribution < -0.4 is 5.32 Å². The molecule has 1 heterocycles. The van der Waals surface area contributed by atoms with Gasteiger partial charge in [0.25, 0.3) is 0 Å². The van der Waals surface area contributed by atoms with Crippen LogP contribution in [0.3, 0.4) is 0 Å². The van der Waals surface area contributed by atoms with Crippen molar-refractivity contribution < 1.29 is 19.1 Å². The summed E-state index contributed by atoms with van der Waals surface area (Å²) in [7, 11) is 1.35. The third kappa shape index (κ3) is 3.74. The number of nitrogens with one attached hydrogen (secondary N) is 1. The lowest BCUT2D eigenvalue weighted by molar-refractivity contribution is -0.141. The number of amides is 1. The van der Waals surface area contributed by atoms with E-state index in [1.54, 1.807) is 0 Å². The van der Waals surface area contributed by atoms with Gasteiger partial charge in [-0.05, 0) is 6.42 Å². The Kier molecular flexibility index (Phi) is 4.39. The van der Waals surface area contributed by atoms with Gasteiger partial charge in [-0.2, -0.15) is 0 Å². The number of hydrogen-bond acceptors (Lipinski definition) is 4. The van der Waals surface area contributed by atoms with Crippen molar-refractivity contribution in [1.29, 1.82) is 0 Å². The monoisotopic (exact) mass is 201 g/mol. The van der Waals surface area contributed by atoms with Gasteiger partial charge in [-0.15, -0.1) is 0 Å². The highest BCUT2D eigenvalue weighted by Gasteiger charge is 2.20. The molecule has 0 radical (unpaired) electrons. The van der Waals surface area contributed by atoms with E-state index in [0.717, 1.165) is 6.42 Å². The highest BCUT2D eigenvalue weighted by molar-refractivity contribution is 5.78. The van der Waals surface area contributed by atoms with Gasteiger partial charge < -0.3 is 14.8 Å². The summed E-state index contributed by atoms with van der Waals surface area (Å²) in [6.45, 7) is 0.821. The van der Waals surface area contributed by atoms with E-state index < -0.39 is 0 Å². The molecule has 1 rings (SSSR count). The van der Waals surface area contributed by atoms with Gasteiger partial charge in [0.1, 0.15) is 0 Å². The molecule has 1 aliphatic rings. The molecule has 0 unspecified atom stereocenters. The van der Waals surface area contributed by atoms with Crippen molar-refractivity contribution in [2.75, 3.05) is 20.3 Å². The van der Waals surface area contributed by atoms with E-state index in [4.69, 9.17) is 4.74 Å². The molecule has 1 fully saturated rings. The summed E-state index contributed by atoms with van der Waals surface area (Å²) >= 11 is 0. The van der Waals surface area contributed by atoms with Crippen LogP contribution in [0.25, 0.3) is 0 Å². The number of methoxy groups -OCH3 is 1. The molecular weight excluding hydrogens is 186 g/mol. The third-order valence-corrected chi connectivity index (χ3v) is 2.08. The number of carbonyl (C=O) groups excluding carboxylic acids is 2. The van der Waals surface area contributed by atoms with Gasteiger partial charge in [-0.25, -0.2) is 0 Å². The van der Waals surface area contributed by atoms with E-state index in [9.17, 15) is 9.59 Å². The number of hydrogen-bond donors (Lipinski definition) is 1. The molecule has 0 aromatic carbocycles. The second kappa shape index (κ2) is 5.59. The highest BCUT2D eigenvalue weighted by Crippen LogP contribution is 2.06. The molecule has 1 N–H and O–H groups in total. The van der Waals surface area contributed by atoms with Crippen LogP contribution >= 0.6 is 0 Å². The molecule has 0 aromatic heterocycles. The molecule has 1 saturated heterocycles. The van der Waals surface area contributed by atoms with Crippen molar-refractivity contribution in [3.63, 3.8) is 0 Å². The molecule has 80 valence electrons. The summed E-state index contributed by atoms with van der Waals surface area (Å²) in [4.78, 5) is 21.5. The molecule has 0 saturated carbocycles. The smallest absolute Gasteiger partial charge is 0.307 e. The average molecular weight is 201 g/mol. The van der Waals surface area contributed by atoms with E-state index in [0.29, 0.717) is 19.6 Å². The Morgan fingerprint density at radius 2 is 2.43 bits per heavy atom. The molecule has 0 spiro atoms. The molecule has 1 amide bonds. The largest absolute Gasteiger partial charge is 0.469 e. The minimum absolute atomic E-state index is 0.0755. The average Bonchev–Trinajstić information content (AvgIpc) is 2.58. The van der Waals surface area contributed by atoms with Crippen molar-refractivity contribution in [3.05, 3.63) is 0 Å². The van der Waals surface area contributed by atoms with E-state index in [2.05, 4.69) is 10.1 Å². The van der Waals surface area contributed by atoms with Gasteiger partial charge >= 0.3 is 5.97 Å². The molecule has 1 aliphatic heterocycles. The summed E-state index contributed by atoms with van der Waals surface area (Å²) in [6, 6.07) is 0.111. The maximum Gasteiger partial charge on any atom is 0.307 e. The maximum atomic E-state index is 10.8. The van der Waals surface area contributed by atoms with Gasteiger partial charge in [0, 0.05) is 6.42 Å². The van der Waals surface area contributed by atoms with Crippen LogP contribution in [-0.4, -0.2) is 38.2 Å². The van der Waals surface area contributed by atoms with Gasteiger partial charge in [0.2, 0.25) is 5.91 Å². The minimum Gasteiger partial charge on any atom is -0.469 e. The van der Waals surface area contributed by atoms with Gasteiger partial charge in [-0.1, -0.05) is 0 Å². The lowest BCUT2D eigenvalue weighted by Gasteiger charge is -2.09. The van der Waals surface area contributed by atoms with Crippen LogP contribution in [0.15, 0.2) is 0 Å². The Hall–Kier alpha value is -1.10. The standard InChI is InChI=1S/C9H15NO4/c1-13-9(12)4-5-14-6-7-2-3-8(11)10-7/h7H,2-6H2,1H3,(H,10,11)/t7-/m0/s1. The Morgan fingerprint density at radius 3 is 3.00 bits per heavy atom. The van der Waals surface area contributed by atoms with Crippen molar-refractivity contribution in [1.82, 2.24) is 5.32 Å². The quantitative estimate of drug-likeness (QED) is 0.496. The first kappa shape index (κ1) is 11.0. The fourth-order valence-electron chi connectivity index (χ4n) is 1.29. The third-order valence-electron chi connectivity index (χ3n) is 2.08. The van der Waals surface area contributed by atoms with Crippen LogP contribution in [0.2, 0.25) is 0 Å². The first-order valence-corrected chi connectivity index (χ1v) is 4.66. The van der Waals surface area contributed by atoms with E-state index in [-0.39, 0.29) is 24.3 Å². The van der Waals surface area contributed by atoms with Gasteiger partial charge in [0.15, 0.2) is 0 Å². The van der Waals surface area contributed by atoms with Crippen LogP contribution in [0.1, 0.15) is 19.3 Å². The zero-order valence-corrected chi connectivity index (χ0v) is 8.25. The molecule has 0 bridgehead atoms. The van der Waals surface area contributed by atoms with Crippen LogP contribution in [-0.2, 0) is 19.1 Å².